The molecule has 6 nitrogen and oxygen atoms in total. The molecule has 2 aromatic rings. The third kappa shape index (κ3) is 2.60. The lowest BCUT2D eigenvalue weighted by Gasteiger charge is -2.09. The Labute approximate surface area is 105 Å². The summed E-state index contributed by atoms with van der Waals surface area (Å²) >= 11 is 0. The highest BCUT2D eigenvalue weighted by atomic mass is 16.4. The maximum atomic E-state index is 9.01. The zero-order valence-electron chi connectivity index (χ0n) is 10.3. The Bertz CT molecular complexity index is 568. The van der Waals surface area contributed by atoms with Gasteiger partial charge in [0.05, 0.1) is 18.1 Å². The predicted molar refractivity (Wildman–Crippen MR) is 70.8 cm³/mol. The van der Waals surface area contributed by atoms with E-state index >= 15 is 0 Å². The molecule has 6 heteroatoms. The van der Waals surface area contributed by atoms with Crippen molar-refractivity contribution in [2.75, 3.05) is 11.1 Å². The van der Waals surface area contributed by atoms with E-state index in [1.54, 1.807) is 6.20 Å². The van der Waals surface area contributed by atoms with E-state index in [2.05, 4.69) is 21.6 Å². The minimum absolute atomic E-state index is 0.191. The molecule has 0 spiro atoms. The van der Waals surface area contributed by atoms with E-state index in [1.165, 1.54) is 10.9 Å². The first kappa shape index (κ1) is 12.0. The summed E-state index contributed by atoms with van der Waals surface area (Å²) in [5.74, 6) is 0.191. The Hall–Kier alpha value is -2.50. The third-order valence-electron chi connectivity index (χ3n) is 2.39. The molecule has 0 unspecified atom stereocenters. The molecule has 1 aromatic carbocycles. The molecule has 18 heavy (non-hydrogen) atoms. The van der Waals surface area contributed by atoms with Crippen LogP contribution in [0.2, 0.25) is 0 Å². The average molecular weight is 245 g/mol. The van der Waals surface area contributed by atoms with Crippen molar-refractivity contribution in [2.45, 2.75) is 13.8 Å². The molecule has 94 valence electrons. The van der Waals surface area contributed by atoms with Crippen LogP contribution in [0.4, 0.5) is 11.4 Å². The van der Waals surface area contributed by atoms with Crippen molar-refractivity contribution in [3.8, 4) is 0 Å². The fourth-order valence-electron chi connectivity index (χ4n) is 1.76. The van der Waals surface area contributed by atoms with Gasteiger partial charge in [-0.3, -0.25) is 0 Å². The number of nitrogens with one attached hydrogen (secondary N) is 1. The summed E-state index contributed by atoms with van der Waals surface area (Å²) in [6.45, 7) is 4.00. The largest absolute Gasteiger partial charge is 0.408 e. The number of hydrogen-bond donors (Lipinski definition) is 3. The smallest absolute Gasteiger partial charge is 0.265 e. The van der Waals surface area contributed by atoms with Crippen LogP contribution >= 0.6 is 0 Å². The lowest BCUT2D eigenvalue weighted by Crippen LogP contribution is -2.22. The SMILES string of the molecule is Cc1cc(C)cc(NC(=NO)n2cc(N)cn2)c1. The normalized spacial score (nSPS) is 11.6. The molecule has 0 saturated carbocycles. The van der Waals surface area contributed by atoms with Crippen LogP contribution < -0.4 is 11.1 Å². The molecule has 0 aliphatic carbocycles. The highest BCUT2D eigenvalue weighted by Crippen LogP contribution is 2.14. The monoisotopic (exact) mass is 245 g/mol. The Morgan fingerprint density at radius 2 is 2.00 bits per heavy atom. The minimum Gasteiger partial charge on any atom is -0.408 e. The van der Waals surface area contributed by atoms with Crippen molar-refractivity contribution in [1.82, 2.24) is 9.78 Å². The topological polar surface area (TPSA) is 88.5 Å². The molecular weight excluding hydrogens is 230 g/mol. The Morgan fingerprint density at radius 3 is 2.50 bits per heavy atom. The summed E-state index contributed by atoms with van der Waals surface area (Å²) in [6.07, 6.45) is 3.04. The van der Waals surface area contributed by atoms with Gasteiger partial charge in [0.2, 0.25) is 0 Å². The molecule has 0 aliphatic rings. The summed E-state index contributed by atoms with van der Waals surface area (Å²) in [7, 11) is 0. The quantitative estimate of drug-likeness (QED) is 0.309. The van der Waals surface area contributed by atoms with Crippen molar-refractivity contribution in [2.24, 2.45) is 5.16 Å². The standard InChI is InChI=1S/C12H15N5O/c1-8-3-9(2)5-11(4-8)15-12(16-18)17-7-10(13)6-14-17/h3-7,18H,13H2,1-2H3,(H,15,16). The molecule has 0 atom stereocenters. The van der Waals surface area contributed by atoms with Crippen LogP contribution in [0.1, 0.15) is 11.1 Å². The second-order valence-corrected chi connectivity index (χ2v) is 4.14. The first-order valence-corrected chi connectivity index (χ1v) is 5.46. The van der Waals surface area contributed by atoms with E-state index in [9.17, 15) is 0 Å². The van der Waals surface area contributed by atoms with Crippen molar-refractivity contribution >= 4 is 17.3 Å². The predicted octanol–water partition coefficient (Wildman–Crippen LogP) is 1.79. The van der Waals surface area contributed by atoms with Gasteiger partial charge in [-0.05, 0) is 42.3 Å². The van der Waals surface area contributed by atoms with Gasteiger partial charge < -0.3 is 16.3 Å². The lowest BCUT2D eigenvalue weighted by molar-refractivity contribution is 0.316. The van der Waals surface area contributed by atoms with Gasteiger partial charge in [0.25, 0.3) is 5.96 Å². The number of benzene rings is 1. The summed E-state index contributed by atoms with van der Waals surface area (Å²) in [6, 6.07) is 5.96. The maximum absolute atomic E-state index is 9.01. The van der Waals surface area contributed by atoms with Gasteiger partial charge in [-0.15, -0.1) is 0 Å². The summed E-state index contributed by atoms with van der Waals surface area (Å²) in [5.41, 5.74) is 9.13. The first-order chi connectivity index (χ1) is 8.58. The van der Waals surface area contributed by atoms with E-state index < -0.39 is 0 Å². The summed E-state index contributed by atoms with van der Waals surface area (Å²) in [5, 5.41) is 19.1. The number of nitrogens with two attached hydrogens (primary N) is 1. The summed E-state index contributed by atoms with van der Waals surface area (Å²) < 4.78 is 1.37. The van der Waals surface area contributed by atoms with Crippen molar-refractivity contribution in [3.05, 3.63) is 41.7 Å². The minimum atomic E-state index is 0.191. The molecule has 0 amide bonds. The van der Waals surface area contributed by atoms with E-state index in [1.807, 2.05) is 26.0 Å². The van der Waals surface area contributed by atoms with E-state index in [4.69, 9.17) is 10.9 Å². The number of anilines is 2. The number of rotatable bonds is 1. The number of hydrogen-bond acceptors (Lipinski definition) is 4. The van der Waals surface area contributed by atoms with Gasteiger partial charge in [0, 0.05) is 5.69 Å². The Morgan fingerprint density at radius 1 is 1.33 bits per heavy atom. The van der Waals surface area contributed by atoms with Gasteiger partial charge in [0.15, 0.2) is 0 Å². The number of nitrogen functional groups attached to an aromatic ring is 1. The van der Waals surface area contributed by atoms with E-state index in [-0.39, 0.29) is 5.96 Å². The van der Waals surface area contributed by atoms with E-state index in [0.717, 1.165) is 16.8 Å². The number of oxime groups is 1. The fraction of sp³-hybridized carbons (Fsp3) is 0.167. The van der Waals surface area contributed by atoms with Gasteiger partial charge in [-0.1, -0.05) is 6.07 Å². The van der Waals surface area contributed by atoms with E-state index in [0.29, 0.717) is 5.69 Å². The second kappa shape index (κ2) is 4.79. The zero-order valence-corrected chi connectivity index (χ0v) is 10.3. The van der Waals surface area contributed by atoms with Crippen molar-refractivity contribution in [3.63, 3.8) is 0 Å². The molecule has 0 radical (unpaired) electrons. The van der Waals surface area contributed by atoms with Crippen LogP contribution in [0.5, 0.6) is 0 Å². The third-order valence-corrected chi connectivity index (χ3v) is 2.39. The van der Waals surface area contributed by atoms with Gasteiger partial charge in [0.1, 0.15) is 0 Å². The average Bonchev–Trinajstić information content (AvgIpc) is 2.71. The second-order valence-electron chi connectivity index (χ2n) is 4.14. The van der Waals surface area contributed by atoms with Crippen LogP contribution in [-0.4, -0.2) is 20.9 Å². The van der Waals surface area contributed by atoms with Gasteiger partial charge >= 0.3 is 0 Å². The molecule has 0 aliphatic heterocycles. The van der Waals surface area contributed by atoms with Gasteiger partial charge in [-0.2, -0.15) is 5.10 Å². The molecular formula is C12H15N5O. The zero-order chi connectivity index (χ0) is 13.1. The highest BCUT2D eigenvalue weighted by molar-refractivity contribution is 5.94. The number of aryl methyl sites for hydroxylation is 2. The Kier molecular flexibility index (Phi) is 3.18. The van der Waals surface area contributed by atoms with Crippen molar-refractivity contribution < 1.29 is 5.21 Å². The molecule has 2 rings (SSSR count). The molecule has 1 aromatic heterocycles. The molecule has 1 heterocycles. The number of nitrogens with zero attached hydrogens (tertiary/aromatic N) is 3. The van der Waals surface area contributed by atoms with Crippen LogP contribution in [0, 0.1) is 13.8 Å². The molecule has 0 bridgehead atoms. The molecule has 0 saturated heterocycles. The van der Waals surface area contributed by atoms with Crippen LogP contribution in [0.3, 0.4) is 0 Å². The van der Waals surface area contributed by atoms with Crippen LogP contribution in [0.25, 0.3) is 0 Å². The first-order valence-electron chi connectivity index (χ1n) is 5.46. The van der Waals surface area contributed by atoms with Crippen LogP contribution in [-0.2, 0) is 0 Å². The van der Waals surface area contributed by atoms with Gasteiger partial charge in [-0.25, -0.2) is 4.68 Å². The summed E-state index contributed by atoms with van der Waals surface area (Å²) in [4.78, 5) is 0. The Balaban J connectivity index is 2.26. The molecule has 4 N–H and O–H groups in total. The maximum Gasteiger partial charge on any atom is 0.265 e. The fourth-order valence-corrected chi connectivity index (χ4v) is 1.76. The lowest BCUT2D eigenvalue weighted by atomic mass is 10.1. The van der Waals surface area contributed by atoms with Crippen molar-refractivity contribution in [1.29, 1.82) is 0 Å². The number of aromatic nitrogens is 2. The molecule has 0 fully saturated rings. The van der Waals surface area contributed by atoms with Crippen LogP contribution in [0.15, 0.2) is 35.7 Å². The highest BCUT2D eigenvalue weighted by Gasteiger charge is 2.06.